The SMILES string of the molecule is CCN1CCC(CNc2nc(Cl)nc(N3CCCC3)n2)C1. The zero-order valence-electron chi connectivity index (χ0n) is 12.6. The number of halogens is 1. The molecule has 0 bridgehead atoms. The smallest absolute Gasteiger partial charge is 0.231 e. The first-order valence-corrected chi connectivity index (χ1v) is 8.25. The summed E-state index contributed by atoms with van der Waals surface area (Å²) in [6.45, 7) is 8.61. The molecule has 1 aromatic heterocycles. The van der Waals surface area contributed by atoms with E-state index in [4.69, 9.17) is 11.6 Å². The van der Waals surface area contributed by atoms with E-state index in [-0.39, 0.29) is 5.28 Å². The van der Waals surface area contributed by atoms with Gasteiger partial charge in [0.05, 0.1) is 0 Å². The molecule has 1 aromatic rings. The van der Waals surface area contributed by atoms with Crippen molar-refractivity contribution in [1.29, 1.82) is 0 Å². The molecule has 0 radical (unpaired) electrons. The van der Waals surface area contributed by atoms with Crippen LogP contribution in [0.4, 0.5) is 11.9 Å². The minimum atomic E-state index is 0.274. The summed E-state index contributed by atoms with van der Waals surface area (Å²) in [5, 5.41) is 3.61. The van der Waals surface area contributed by atoms with Gasteiger partial charge in [-0.2, -0.15) is 15.0 Å². The monoisotopic (exact) mass is 310 g/mol. The van der Waals surface area contributed by atoms with Crippen molar-refractivity contribution in [2.75, 3.05) is 49.5 Å². The zero-order valence-corrected chi connectivity index (χ0v) is 13.3. The molecule has 2 aliphatic rings. The maximum absolute atomic E-state index is 6.03. The maximum Gasteiger partial charge on any atom is 0.231 e. The predicted octanol–water partition coefficient (Wildman–Crippen LogP) is 1.88. The van der Waals surface area contributed by atoms with E-state index < -0.39 is 0 Å². The van der Waals surface area contributed by atoms with Crippen molar-refractivity contribution in [3.8, 4) is 0 Å². The topological polar surface area (TPSA) is 57.2 Å². The van der Waals surface area contributed by atoms with Crippen molar-refractivity contribution < 1.29 is 0 Å². The fourth-order valence-corrected chi connectivity index (χ4v) is 3.24. The summed E-state index contributed by atoms with van der Waals surface area (Å²) in [6, 6.07) is 0. The van der Waals surface area contributed by atoms with Crippen LogP contribution < -0.4 is 10.2 Å². The van der Waals surface area contributed by atoms with Crippen LogP contribution in [0.3, 0.4) is 0 Å². The molecule has 0 saturated carbocycles. The van der Waals surface area contributed by atoms with E-state index in [9.17, 15) is 0 Å². The van der Waals surface area contributed by atoms with Gasteiger partial charge in [0.1, 0.15) is 0 Å². The lowest BCUT2D eigenvalue weighted by Gasteiger charge is -2.17. The molecule has 0 aromatic carbocycles. The molecule has 21 heavy (non-hydrogen) atoms. The van der Waals surface area contributed by atoms with Gasteiger partial charge in [-0.1, -0.05) is 6.92 Å². The second-order valence-corrected chi connectivity index (χ2v) is 6.19. The first kappa shape index (κ1) is 14.8. The Morgan fingerprint density at radius 1 is 1.19 bits per heavy atom. The molecule has 2 fully saturated rings. The van der Waals surface area contributed by atoms with Gasteiger partial charge in [-0.25, -0.2) is 0 Å². The lowest BCUT2D eigenvalue weighted by atomic mass is 10.1. The molecule has 0 amide bonds. The summed E-state index contributed by atoms with van der Waals surface area (Å²) < 4.78 is 0. The highest BCUT2D eigenvalue weighted by atomic mass is 35.5. The van der Waals surface area contributed by atoms with Crippen LogP contribution in [0, 0.1) is 5.92 Å². The molecule has 1 unspecified atom stereocenters. The number of aromatic nitrogens is 3. The zero-order chi connectivity index (χ0) is 14.7. The average Bonchev–Trinajstić information content (AvgIpc) is 3.16. The summed E-state index contributed by atoms with van der Waals surface area (Å²) in [5.41, 5.74) is 0. The van der Waals surface area contributed by atoms with Gasteiger partial charge >= 0.3 is 0 Å². The van der Waals surface area contributed by atoms with Crippen LogP contribution in [0.15, 0.2) is 0 Å². The third-order valence-corrected chi connectivity index (χ3v) is 4.52. The first-order valence-electron chi connectivity index (χ1n) is 7.87. The van der Waals surface area contributed by atoms with Gasteiger partial charge in [-0.15, -0.1) is 0 Å². The molecule has 2 aliphatic heterocycles. The lowest BCUT2D eigenvalue weighted by Crippen LogP contribution is -2.24. The predicted molar refractivity (Wildman–Crippen MR) is 85.0 cm³/mol. The van der Waals surface area contributed by atoms with E-state index in [2.05, 4.69) is 37.0 Å². The number of hydrogen-bond donors (Lipinski definition) is 1. The summed E-state index contributed by atoms with van der Waals surface area (Å²) in [6.07, 6.45) is 3.63. The summed E-state index contributed by atoms with van der Waals surface area (Å²) in [5.74, 6) is 1.97. The van der Waals surface area contributed by atoms with Crippen LogP contribution in [0.2, 0.25) is 5.28 Å². The Bertz CT molecular complexity index is 477. The lowest BCUT2D eigenvalue weighted by molar-refractivity contribution is 0.345. The third kappa shape index (κ3) is 3.74. The number of likely N-dealkylation sites (tertiary alicyclic amines) is 1. The van der Waals surface area contributed by atoms with Gasteiger partial charge < -0.3 is 15.1 Å². The fourth-order valence-electron chi connectivity index (χ4n) is 3.08. The molecule has 3 rings (SSSR count). The van der Waals surface area contributed by atoms with E-state index >= 15 is 0 Å². The van der Waals surface area contributed by atoms with Gasteiger partial charge in [-0.3, -0.25) is 0 Å². The van der Waals surface area contributed by atoms with Gasteiger partial charge in [0.25, 0.3) is 0 Å². The second kappa shape index (κ2) is 6.75. The van der Waals surface area contributed by atoms with Crippen LogP contribution in [-0.4, -0.2) is 59.1 Å². The van der Waals surface area contributed by atoms with Gasteiger partial charge in [0.15, 0.2) is 0 Å². The highest BCUT2D eigenvalue weighted by Gasteiger charge is 2.22. The molecule has 116 valence electrons. The van der Waals surface area contributed by atoms with Crippen LogP contribution in [-0.2, 0) is 0 Å². The highest BCUT2D eigenvalue weighted by molar-refractivity contribution is 6.28. The Hall–Kier alpha value is -1.14. The van der Waals surface area contributed by atoms with E-state index in [0.29, 0.717) is 17.8 Å². The second-order valence-electron chi connectivity index (χ2n) is 5.85. The largest absolute Gasteiger partial charge is 0.354 e. The van der Waals surface area contributed by atoms with Crippen molar-refractivity contribution in [1.82, 2.24) is 19.9 Å². The van der Waals surface area contributed by atoms with Crippen molar-refractivity contribution in [2.24, 2.45) is 5.92 Å². The van der Waals surface area contributed by atoms with E-state index in [1.165, 1.54) is 25.8 Å². The average molecular weight is 311 g/mol. The normalized spacial score (nSPS) is 23.0. The van der Waals surface area contributed by atoms with Crippen LogP contribution in [0.1, 0.15) is 26.2 Å². The van der Waals surface area contributed by atoms with Crippen molar-refractivity contribution in [2.45, 2.75) is 26.2 Å². The summed E-state index contributed by atoms with van der Waals surface area (Å²) in [7, 11) is 0. The minimum Gasteiger partial charge on any atom is -0.354 e. The molecule has 6 nitrogen and oxygen atoms in total. The molecule has 1 atom stereocenters. The quantitative estimate of drug-likeness (QED) is 0.896. The standard InChI is InChI=1S/C14H23ClN6/c1-2-20-8-5-11(10-20)9-16-13-17-12(15)18-14(19-13)21-6-3-4-7-21/h11H,2-10H2,1H3,(H,16,17,18,19). The molecule has 2 saturated heterocycles. The Labute approximate surface area is 130 Å². The van der Waals surface area contributed by atoms with Gasteiger partial charge in [0, 0.05) is 26.2 Å². The molecule has 3 heterocycles. The molecular formula is C14H23ClN6. The molecule has 0 spiro atoms. The van der Waals surface area contributed by atoms with E-state index in [0.717, 1.165) is 32.7 Å². The highest BCUT2D eigenvalue weighted by Crippen LogP contribution is 2.20. The number of nitrogens with zero attached hydrogens (tertiary/aromatic N) is 5. The Morgan fingerprint density at radius 3 is 2.71 bits per heavy atom. The van der Waals surface area contributed by atoms with Crippen molar-refractivity contribution in [3.05, 3.63) is 5.28 Å². The summed E-state index contributed by atoms with van der Waals surface area (Å²) >= 11 is 6.03. The third-order valence-electron chi connectivity index (χ3n) is 4.35. The molecule has 0 aliphatic carbocycles. The number of anilines is 2. The van der Waals surface area contributed by atoms with Crippen molar-refractivity contribution >= 4 is 23.5 Å². The van der Waals surface area contributed by atoms with Gasteiger partial charge in [0.2, 0.25) is 17.2 Å². The van der Waals surface area contributed by atoms with Crippen LogP contribution >= 0.6 is 11.6 Å². The minimum absolute atomic E-state index is 0.274. The van der Waals surface area contributed by atoms with Crippen molar-refractivity contribution in [3.63, 3.8) is 0 Å². The number of nitrogens with one attached hydrogen (secondary N) is 1. The van der Waals surface area contributed by atoms with E-state index in [1.807, 2.05) is 0 Å². The number of hydrogen-bond acceptors (Lipinski definition) is 6. The van der Waals surface area contributed by atoms with Crippen LogP contribution in [0.25, 0.3) is 0 Å². The molecule has 1 N–H and O–H groups in total. The molecular weight excluding hydrogens is 288 g/mol. The van der Waals surface area contributed by atoms with E-state index in [1.54, 1.807) is 0 Å². The fraction of sp³-hybridized carbons (Fsp3) is 0.786. The Morgan fingerprint density at radius 2 is 2.00 bits per heavy atom. The van der Waals surface area contributed by atoms with Gasteiger partial charge in [-0.05, 0) is 49.9 Å². The molecule has 7 heteroatoms. The Kier molecular flexibility index (Phi) is 4.75. The Balaban J connectivity index is 1.60. The first-order chi connectivity index (χ1) is 10.2. The van der Waals surface area contributed by atoms with Crippen LogP contribution in [0.5, 0.6) is 0 Å². The number of rotatable bonds is 5. The summed E-state index contributed by atoms with van der Waals surface area (Å²) in [4.78, 5) is 17.6. The maximum atomic E-state index is 6.03.